The Morgan fingerprint density at radius 1 is 1.20 bits per heavy atom. The lowest BCUT2D eigenvalue weighted by Gasteiger charge is -2.24. The molecule has 1 spiro atoms. The fourth-order valence-electron chi connectivity index (χ4n) is 4.95. The molecule has 6 rings (SSSR count). The number of amides is 2. The minimum Gasteiger partial charge on any atom is -0.486 e. The zero-order valence-electron chi connectivity index (χ0n) is 16.1. The van der Waals surface area contributed by atoms with Gasteiger partial charge in [0.1, 0.15) is 24.6 Å². The molecule has 0 radical (unpaired) electrons. The van der Waals surface area contributed by atoms with Gasteiger partial charge in [-0.2, -0.15) is 0 Å². The Balaban J connectivity index is 1.23. The molecule has 30 heavy (non-hydrogen) atoms. The van der Waals surface area contributed by atoms with Crippen LogP contribution in [0.1, 0.15) is 5.76 Å². The number of nitrogens with zero attached hydrogens (tertiary/aromatic N) is 1. The van der Waals surface area contributed by atoms with E-state index in [9.17, 15) is 9.59 Å². The first-order valence-electron chi connectivity index (χ1n) is 10.0. The first-order valence-corrected chi connectivity index (χ1v) is 10.0. The van der Waals surface area contributed by atoms with E-state index in [4.69, 9.17) is 18.6 Å². The number of carbonyl (C=O) groups excluding carboxylic acids is 2. The summed E-state index contributed by atoms with van der Waals surface area (Å²) in [5.41, 5.74) is -0.147. The van der Waals surface area contributed by atoms with Crippen LogP contribution in [0, 0.1) is 11.8 Å². The summed E-state index contributed by atoms with van der Waals surface area (Å²) in [7, 11) is 0. The number of hydrogen-bond donors (Lipinski definition) is 1. The molecular formula is C22H20N2O6. The standard InChI is InChI=1S/C22H20N2O6/c25-20(23-13-3-4-15-17(10-13)29-9-8-28-15)18-16-5-6-22(30-16)12-24(21(26)19(18)22)11-14-2-1-7-27-14/h1-7,10,16,18-19H,8-9,11-12H2,(H,23,25)/t16-,18+,19+,22-/m0/s1. The predicted molar refractivity (Wildman–Crippen MR) is 104 cm³/mol. The van der Waals surface area contributed by atoms with Gasteiger partial charge in [-0.05, 0) is 24.3 Å². The molecule has 2 saturated heterocycles. The molecule has 154 valence electrons. The number of benzene rings is 1. The van der Waals surface area contributed by atoms with Gasteiger partial charge in [-0.1, -0.05) is 12.2 Å². The van der Waals surface area contributed by atoms with Crippen molar-refractivity contribution in [3.05, 3.63) is 54.5 Å². The predicted octanol–water partition coefficient (Wildman–Crippen LogP) is 1.97. The maximum absolute atomic E-state index is 13.2. The smallest absolute Gasteiger partial charge is 0.231 e. The van der Waals surface area contributed by atoms with E-state index in [1.165, 1.54) is 0 Å². The van der Waals surface area contributed by atoms with Gasteiger partial charge in [0.2, 0.25) is 11.8 Å². The molecule has 1 N–H and O–H groups in total. The Hall–Kier alpha value is -3.26. The lowest BCUT2D eigenvalue weighted by molar-refractivity contribution is -0.136. The fraction of sp³-hybridized carbons (Fsp3) is 0.364. The molecule has 2 aromatic rings. The Morgan fingerprint density at radius 3 is 2.90 bits per heavy atom. The average molecular weight is 408 g/mol. The number of nitrogens with one attached hydrogen (secondary N) is 1. The molecule has 0 aliphatic carbocycles. The van der Waals surface area contributed by atoms with Crippen molar-refractivity contribution in [2.24, 2.45) is 11.8 Å². The molecule has 0 unspecified atom stereocenters. The van der Waals surface area contributed by atoms with Gasteiger partial charge in [-0.3, -0.25) is 9.59 Å². The average Bonchev–Trinajstić information content (AvgIpc) is 3.51. The molecule has 2 fully saturated rings. The molecule has 2 amide bonds. The van der Waals surface area contributed by atoms with E-state index < -0.39 is 23.5 Å². The Labute approximate surface area is 172 Å². The second-order valence-corrected chi connectivity index (χ2v) is 8.02. The van der Waals surface area contributed by atoms with Crippen LogP contribution in [0.4, 0.5) is 5.69 Å². The third-order valence-corrected chi connectivity index (χ3v) is 6.22. The molecule has 1 aromatic heterocycles. The lowest BCUT2D eigenvalue weighted by Crippen LogP contribution is -2.41. The zero-order chi connectivity index (χ0) is 20.3. The van der Waals surface area contributed by atoms with E-state index in [-0.39, 0.29) is 11.8 Å². The van der Waals surface area contributed by atoms with E-state index in [1.54, 1.807) is 35.4 Å². The van der Waals surface area contributed by atoms with Crippen molar-refractivity contribution < 1.29 is 28.2 Å². The SMILES string of the molecule is O=C(Nc1ccc2c(c1)OCCO2)[C@@H]1[C@@H]2C=C[C@@]3(CN(Cc4ccco4)C(=O)[C@@H]13)O2. The van der Waals surface area contributed by atoms with Gasteiger partial charge in [0.05, 0.1) is 37.3 Å². The Kier molecular flexibility index (Phi) is 3.73. The van der Waals surface area contributed by atoms with Crippen LogP contribution in [0.2, 0.25) is 0 Å². The highest BCUT2D eigenvalue weighted by atomic mass is 16.6. The number of ether oxygens (including phenoxy) is 3. The molecule has 8 heteroatoms. The Bertz CT molecular complexity index is 1050. The summed E-state index contributed by atoms with van der Waals surface area (Å²) in [6.45, 7) is 1.76. The summed E-state index contributed by atoms with van der Waals surface area (Å²) in [4.78, 5) is 28.1. The summed E-state index contributed by atoms with van der Waals surface area (Å²) in [6.07, 6.45) is 5.02. The molecule has 8 nitrogen and oxygen atoms in total. The highest BCUT2D eigenvalue weighted by Gasteiger charge is 2.66. The Morgan fingerprint density at radius 2 is 2.07 bits per heavy atom. The summed E-state index contributed by atoms with van der Waals surface area (Å²) in [5.74, 6) is 0.513. The molecule has 4 atom stereocenters. The third kappa shape index (κ3) is 2.56. The van der Waals surface area contributed by atoms with Crippen LogP contribution < -0.4 is 14.8 Å². The largest absolute Gasteiger partial charge is 0.486 e. The van der Waals surface area contributed by atoms with Gasteiger partial charge < -0.3 is 28.8 Å². The van der Waals surface area contributed by atoms with Crippen molar-refractivity contribution in [2.75, 3.05) is 25.1 Å². The first kappa shape index (κ1) is 17.6. The third-order valence-electron chi connectivity index (χ3n) is 6.22. The van der Waals surface area contributed by atoms with Crippen LogP contribution in [0.5, 0.6) is 11.5 Å². The number of rotatable bonds is 4. The first-order chi connectivity index (χ1) is 14.6. The van der Waals surface area contributed by atoms with Crippen LogP contribution in [0.15, 0.2) is 53.2 Å². The van der Waals surface area contributed by atoms with Crippen molar-refractivity contribution in [2.45, 2.75) is 18.2 Å². The van der Waals surface area contributed by atoms with Gasteiger partial charge in [-0.25, -0.2) is 0 Å². The number of anilines is 1. The van der Waals surface area contributed by atoms with Crippen molar-refractivity contribution >= 4 is 17.5 Å². The van der Waals surface area contributed by atoms with Crippen molar-refractivity contribution in [3.8, 4) is 11.5 Å². The van der Waals surface area contributed by atoms with E-state index in [2.05, 4.69) is 5.32 Å². The van der Waals surface area contributed by atoms with Gasteiger partial charge in [0.25, 0.3) is 0 Å². The van der Waals surface area contributed by atoms with Gasteiger partial charge >= 0.3 is 0 Å². The molecule has 1 aromatic carbocycles. The normalized spacial score (nSPS) is 30.6. The van der Waals surface area contributed by atoms with E-state index >= 15 is 0 Å². The molecule has 4 aliphatic rings. The maximum Gasteiger partial charge on any atom is 0.231 e. The number of carbonyl (C=O) groups is 2. The van der Waals surface area contributed by atoms with E-state index in [0.717, 1.165) is 0 Å². The minimum atomic E-state index is -0.747. The van der Waals surface area contributed by atoms with E-state index in [0.29, 0.717) is 49.2 Å². The zero-order valence-corrected chi connectivity index (χ0v) is 16.1. The van der Waals surface area contributed by atoms with Gasteiger partial charge in [-0.15, -0.1) is 0 Å². The molecule has 2 bridgehead atoms. The molecule has 5 heterocycles. The second-order valence-electron chi connectivity index (χ2n) is 8.02. The van der Waals surface area contributed by atoms with Crippen molar-refractivity contribution in [1.29, 1.82) is 0 Å². The van der Waals surface area contributed by atoms with Gasteiger partial charge in [0.15, 0.2) is 11.5 Å². The number of hydrogen-bond acceptors (Lipinski definition) is 6. The van der Waals surface area contributed by atoms with E-state index in [1.807, 2.05) is 18.2 Å². The summed E-state index contributed by atoms with van der Waals surface area (Å²) in [6, 6.07) is 8.91. The molecule has 4 aliphatic heterocycles. The summed E-state index contributed by atoms with van der Waals surface area (Å²) >= 11 is 0. The summed E-state index contributed by atoms with van der Waals surface area (Å²) < 4.78 is 22.7. The van der Waals surface area contributed by atoms with Crippen LogP contribution in [0.25, 0.3) is 0 Å². The number of likely N-dealkylation sites (tertiary alicyclic amines) is 1. The second kappa shape index (κ2) is 6.37. The minimum absolute atomic E-state index is 0.0828. The van der Waals surface area contributed by atoms with Crippen LogP contribution in [-0.4, -0.2) is 48.2 Å². The summed E-state index contributed by atoms with van der Waals surface area (Å²) in [5, 5.41) is 2.93. The van der Waals surface area contributed by atoms with Crippen LogP contribution in [0.3, 0.4) is 0 Å². The monoisotopic (exact) mass is 408 g/mol. The highest BCUT2D eigenvalue weighted by molar-refractivity contribution is 5.99. The van der Waals surface area contributed by atoms with Crippen LogP contribution >= 0.6 is 0 Å². The number of fused-ring (bicyclic) bond motifs is 2. The molecular weight excluding hydrogens is 388 g/mol. The quantitative estimate of drug-likeness (QED) is 0.778. The van der Waals surface area contributed by atoms with Crippen molar-refractivity contribution in [1.82, 2.24) is 4.90 Å². The lowest BCUT2D eigenvalue weighted by atomic mass is 9.77. The topological polar surface area (TPSA) is 90.2 Å². The van der Waals surface area contributed by atoms with Crippen LogP contribution in [-0.2, 0) is 20.9 Å². The highest BCUT2D eigenvalue weighted by Crippen LogP contribution is 2.52. The van der Waals surface area contributed by atoms with Crippen molar-refractivity contribution in [3.63, 3.8) is 0 Å². The molecule has 0 saturated carbocycles. The fourth-order valence-corrected chi connectivity index (χ4v) is 4.95. The maximum atomic E-state index is 13.2. The van der Waals surface area contributed by atoms with Gasteiger partial charge in [0, 0.05) is 11.8 Å². The number of furan rings is 1.